The Morgan fingerprint density at radius 1 is 1.36 bits per heavy atom. The molecule has 1 saturated carbocycles. The highest BCUT2D eigenvalue weighted by Gasteiger charge is 2.62. The molecule has 4 nitrogen and oxygen atoms in total. The Kier molecular flexibility index (Phi) is 3.48. The first-order chi connectivity index (χ1) is 10.4. The molecule has 0 bridgehead atoms. The minimum atomic E-state index is -0.00722. The van der Waals surface area contributed by atoms with Crippen LogP contribution in [0.4, 0.5) is 5.13 Å². The summed E-state index contributed by atoms with van der Waals surface area (Å²) in [5, 5.41) is 0.432. The number of benzene rings is 1. The molecule has 0 saturated heterocycles. The normalized spacial score (nSPS) is 22.3. The molecule has 1 aliphatic rings. The molecule has 2 N–H and O–H groups in total. The van der Waals surface area contributed by atoms with Crippen molar-refractivity contribution in [3.8, 4) is 0 Å². The second kappa shape index (κ2) is 5.09. The fourth-order valence-corrected chi connectivity index (χ4v) is 4.05. The van der Waals surface area contributed by atoms with E-state index in [1.807, 2.05) is 13.1 Å². The number of carbonyl (C=O) groups excluding carboxylic acids is 1. The second-order valence-electron chi connectivity index (χ2n) is 6.73. The fraction of sp³-hybridized carbons (Fsp3) is 0.412. The standard InChI is InChI=1S/C17H21N3OS/c1-16(2)10-17(16,12-7-5-4-6-8-12)11-20(3)14(21)13-9-19-15(18)22-13/h4-9H,10-11H2,1-3H3,(H2,18,19). The molecular formula is C17H21N3OS. The Hall–Kier alpha value is -1.88. The topological polar surface area (TPSA) is 59.2 Å². The van der Waals surface area contributed by atoms with E-state index in [4.69, 9.17) is 5.73 Å². The molecule has 22 heavy (non-hydrogen) atoms. The predicted molar refractivity (Wildman–Crippen MR) is 90.0 cm³/mol. The van der Waals surface area contributed by atoms with E-state index >= 15 is 0 Å². The maximum atomic E-state index is 12.5. The molecule has 1 unspecified atom stereocenters. The van der Waals surface area contributed by atoms with Crippen LogP contribution in [0.3, 0.4) is 0 Å². The Morgan fingerprint density at radius 3 is 2.50 bits per heavy atom. The van der Waals surface area contributed by atoms with Crippen LogP contribution < -0.4 is 5.73 Å². The lowest BCUT2D eigenvalue weighted by atomic mass is 9.87. The van der Waals surface area contributed by atoms with Crippen LogP contribution >= 0.6 is 11.3 Å². The van der Waals surface area contributed by atoms with Gasteiger partial charge in [0.1, 0.15) is 4.88 Å². The molecule has 1 fully saturated rings. The summed E-state index contributed by atoms with van der Waals surface area (Å²) in [5.41, 5.74) is 7.18. The van der Waals surface area contributed by atoms with Crippen LogP contribution in [0, 0.1) is 5.41 Å². The average molecular weight is 315 g/mol. The number of carbonyl (C=O) groups is 1. The minimum absolute atomic E-state index is 0.00722. The van der Waals surface area contributed by atoms with Gasteiger partial charge in [-0.05, 0) is 17.4 Å². The van der Waals surface area contributed by atoms with Crippen LogP contribution in [-0.4, -0.2) is 29.4 Å². The van der Waals surface area contributed by atoms with Gasteiger partial charge in [0.05, 0.1) is 6.20 Å². The summed E-state index contributed by atoms with van der Waals surface area (Å²) in [5.74, 6) is -0.00722. The van der Waals surface area contributed by atoms with Gasteiger partial charge in [-0.15, -0.1) is 0 Å². The number of thiazole rings is 1. The number of hydrogen-bond acceptors (Lipinski definition) is 4. The van der Waals surface area contributed by atoms with E-state index in [1.54, 1.807) is 11.1 Å². The molecule has 1 aliphatic carbocycles. The van der Waals surface area contributed by atoms with Gasteiger partial charge in [-0.25, -0.2) is 4.98 Å². The van der Waals surface area contributed by atoms with Gasteiger partial charge < -0.3 is 10.6 Å². The Morgan fingerprint density at radius 2 is 2.00 bits per heavy atom. The number of anilines is 1. The van der Waals surface area contributed by atoms with E-state index in [-0.39, 0.29) is 16.7 Å². The molecule has 0 aliphatic heterocycles. The van der Waals surface area contributed by atoms with Crippen molar-refractivity contribution in [3.05, 3.63) is 47.0 Å². The van der Waals surface area contributed by atoms with Crippen LogP contribution in [0.5, 0.6) is 0 Å². The van der Waals surface area contributed by atoms with E-state index in [1.165, 1.54) is 16.9 Å². The van der Waals surface area contributed by atoms with Crippen molar-refractivity contribution in [2.24, 2.45) is 5.41 Å². The number of rotatable bonds is 4. The molecule has 1 aromatic heterocycles. The maximum absolute atomic E-state index is 12.5. The average Bonchev–Trinajstić information content (AvgIpc) is 2.83. The number of hydrogen-bond donors (Lipinski definition) is 1. The first-order valence-electron chi connectivity index (χ1n) is 7.38. The lowest BCUT2D eigenvalue weighted by Gasteiger charge is -2.27. The molecule has 5 heteroatoms. The van der Waals surface area contributed by atoms with E-state index in [2.05, 4.69) is 43.1 Å². The van der Waals surface area contributed by atoms with E-state index in [0.29, 0.717) is 16.6 Å². The SMILES string of the molecule is CN(CC1(c2ccccc2)CC1(C)C)C(=O)c1cnc(N)s1. The van der Waals surface area contributed by atoms with E-state index in [9.17, 15) is 4.79 Å². The highest BCUT2D eigenvalue weighted by molar-refractivity contribution is 7.17. The lowest BCUT2D eigenvalue weighted by Crippen LogP contribution is -2.36. The molecular weight excluding hydrogens is 294 g/mol. The summed E-state index contributed by atoms with van der Waals surface area (Å²) in [4.78, 5) is 18.9. The first-order valence-corrected chi connectivity index (χ1v) is 8.20. The van der Waals surface area contributed by atoms with E-state index < -0.39 is 0 Å². The Labute approximate surface area is 135 Å². The van der Waals surface area contributed by atoms with Gasteiger partial charge >= 0.3 is 0 Å². The van der Waals surface area contributed by atoms with Crippen molar-refractivity contribution in [1.29, 1.82) is 0 Å². The summed E-state index contributed by atoms with van der Waals surface area (Å²) >= 11 is 1.24. The van der Waals surface area contributed by atoms with Crippen LogP contribution in [0.15, 0.2) is 36.5 Å². The summed E-state index contributed by atoms with van der Waals surface area (Å²) in [6.45, 7) is 5.24. The molecule has 1 heterocycles. The molecule has 116 valence electrons. The summed E-state index contributed by atoms with van der Waals surface area (Å²) in [7, 11) is 1.86. The quantitative estimate of drug-likeness (QED) is 0.943. The Balaban J connectivity index is 1.83. The summed E-state index contributed by atoms with van der Waals surface area (Å²) < 4.78 is 0. The maximum Gasteiger partial charge on any atom is 0.265 e. The van der Waals surface area contributed by atoms with Gasteiger partial charge in [0.15, 0.2) is 5.13 Å². The lowest BCUT2D eigenvalue weighted by molar-refractivity contribution is 0.0779. The van der Waals surface area contributed by atoms with Gasteiger partial charge in [0, 0.05) is 19.0 Å². The predicted octanol–water partition coefficient (Wildman–Crippen LogP) is 3.17. The first kappa shape index (κ1) is 15.0. The third-order valence-electron chi connectivity index (χ3n) is 4.83. The van der Waals surface area contributed by atoms with Gasteiger partial charge in [-0.3, -0.25) is 4.79 Å². The molecule has 0 spiro atoms. The van der Waals surface area contributed by atoms with Gasteiger partial charge in [0.2, 0.25) is 0 Å². The van der Waals surface area contributed by atoms with Crippen molar-refractivity contribution in [1.82, 2.24) is 9.88 Å². The highest BCUT2D eigenvalue weighted by Crippen LogP contribution is 2.64. The third kappa shape index (κ3) is 2.39. The van der Waals surface area contributed by atoms with Crippen molar-refractivity contribution in [3.63, 3.8) is 0 Å². The second-order valence-corrected chi connectivity index (χ2v) is 7.79. The third-order valence-corrected chi connectivity index (χ3v) is 5.64. The fourth-order valence-electron chi connectivity index (χ4n) is 3.37. The minimum Gasteiger partial charge on any atom is -0.375 e. The zero-order chi connectivity index (χ0) is 16.0. The smallest absolute Gasteiger partial charge is 0.265 e. The zero-order valence-corrected chi connectivity index (χ0v) is 14.0. The van der Waals surface area contributed by atoms with Crippen molar-refractivity contribution in [2.45, 2.75) is 25.7 Å². The molecule has 1 atom stereocenters. The van der Waals surface area contributed by atoms with Crippen LogP contribution in [0.1, 0.15) is 35.5 Å². The molecule has 3 rings (SSSR count). The highest BCUT2D eigenvalue weighted by atomic mass is 32.1. The molecule has 0 radical (unpaired) electrons. The molecule has 1 aromatic carbocycles. The van der Waals surface area contributed by atoms with Gasteiger partial charge in [-0.2, -0.15) is 0 Å². The number of aromatic nitrogens is 1. The van der Waals surface area contributed by atoms with Crippen molar-refractivity contribution >= 4 is 22.4 Å². The summed E-state index contributed by atoms with van der Waals surface area (Å²) in [6, 6.07) is 10.5. The molecule has 1 amide bonds. The number of likely N-dealkylation sites (N-methyl/N-ethyl adjacent to an activating group) is 1. The van der Waals surface area contributed by atoms with Crippen LogP contribution in [0.2, 0.25) is 0 Å². The van der Waals surface area contributed by atoms with Crippen LogP contribution in [0.25, 0.3) is 0 Å². The van der Waals surface area contributed by atoms with Crippen molar-refractivity contribution < 1.29 is 4.79 Å². The summed E-state index contributed by atoms with van der Waals surface area (Å²) in [6.07, 6.45) is 2.65. The number of nitrogens with two attached hydrogens (primary N) is 1. The zero-order valence-electron chi connectivity index (χ0n) is 13.2. The van der Waals surface area contributed by atoms with Crippen LogP contribution in [-0.2, 0) is 5.41 Å². The number of nitrogens with zero attached hydrogens (tertiary/aromatic N) is 2. The number of nitrogen functional groups attached to an aromatic ring is 1. The largest absolute Gasteiger partial charge is 0.375 e. The number of amides is 1. The Bertz CT molecular complexity index is 695. The van der Waals surface area contributed by atoms with Crippen molar-refractivity contribution in [2.75, 3.05) is 19.3 Å². The molecule has 2 aromatic rings. The monoisotopic (exact) mass is 315 g/mol. The van der Waals surface area contributed by atoms with Gasteiger partial charge in [-0.1, -0.05) is 55.5 Å². The van der Waals surface area contributed by atoms with E-state index in [0.717, 1.165) is 6.42 Å². The van der Waals surface area contributed by atoms with Gasteiger partial charge in [0.25, 0.3) is 5.91 Å².